The van der Waals surface area contributed by atoms with E-state index in [4.69, 9.17) is 0 Å². The maximum absolute atomic E-state index is 12.7. The molecule has 8 heteroatoms. The third kappa shape index (κ3) is 5.33. The molecule has 0 bridgehead atoms. The topological polar surface area (TPSA) is 88.8 Å². The van der Waals surface area contributed by atoms with Gasteiger partial charge in [-0.2, -0.15) is 5.10 Å². The van der Waals surface area contributed by atoms with Gasteiger partial charge in [-0.25, -0.2) is 15.0 Å². The van der Waals surface area contributed by atoms with Crippen molar-refractivity contribution in [3.8, 4) is 0 Å². The molecule has 8 nitrogen and oxygen atoms in total. The molecule has 0 spiro atoms. The highest BCUT2D eigenvalue weighted by molar-refractivity contribution is 5.91. The van der Waals surface area contributed by atoms with Gasteiger partial charge in [-0.1, -0.05) is 6.07 Å². The molecule has 1 amide bonds. The number of pyridine rings is 1. The van der Waals surface area contributed by atoms with Crippen molar-refractivity contribution in [2.24, 2.45) is 7.05 Å². The van der Waals surface area contributed by atoms with Crippen molar-refractivity contribution in [3.05, 3.63) is 65.5 Å². The fraction of sp³-hybridized carbons (Fsp3) is 0.348. The molecule has 1 atom stereocenters. The predicted octanol–water partition coefficient (Wildman–Crippen LogP) is 3.38. The Kier molecular flexibility index (Phi) is 6.06. The molecule has 0 aliphatic carbocycles. The van der Waals surface area contributed by atoms with Crippen LogP contribution in [0.1, 0.15) is 41.5 Å². The highest BCUT2D eigenvalue weighted by Gasteiger charge is 2.25. The minimum absolute atomic E-state index is 0.0154. The van der Waals surface area contributed by atoms with Crippen molar-refractivity contribution >= 4 is 23.6 Å². The Bertz CT molecular complexity index is 1100. The number of hydrogen-bond acceptors (Lipinski definition) is 6. The average molecular weight is 418 g/mol. The molecule has 0 aromatic carbocycles. The highest BCUT2D eigenvalue weighted by atomic mass is 16.2. The third-order valence-electron chi connectivity index (χ3n) is 5.30. The molecular weight excluding hydrogens is 390 g/mol. The van der Waals surface area contributed by atoms with E-state index in [0.29, 0.717) is 12.4 Å². The van der Waals surface area contributed by atoms with Crippen molar-refractivity contribution in [1.82, 2.24) is 29.6 Å². The molecule has 1 N–H and O–H groups in total. The first-order valence-electron chi connectivity index (χ1n) is 10.5. The van der Waals surface area contributed by atoms with E-state index in [1.165, 1.54) is 0 Å². The van der Waals surface area contributed by atoms with Gasteiger partial charge in [0.15, 0.2) is 0 Å². The number of nitrogens with one attached hydrogen (secondary N) is 1. The van der Waals surface area contributed by atoms with Gasteiger partial charge in [0.2, 0.25) is 5.91 Å². The van der Waals surface area contributed by atoms with E-state index in [-0.39, 0.29) is 11.8 Å². The van der Waals surface area contributed by atoms with Gasteiger partial charge < -0.3 is 10.2 Å². The van der Waals surface area contributed by atoms with Crippen molar-refractivity contribution in [2.45, 2.75) is 32.6 Å². The van der Waals surface area contributed by atoms with E-state index < -0.39 is 0 Å². The quantitative estimate of drug-likeness (QED) is 0.640. The number of anilines is 2. The van der Waals surface area contributed by atoms with E-state index in [0.717, 1.165) is 48.0 Å². The Morgan fingerprint density at radius 1 is 1.19 bits per heavy atom. The largest absolute Gasteiger partial charge is 0.338 e. The summed E-state index contributed by atoms with van der Waals surface area (Å²) in [7, 11) is 1.86. The van der Waals surface area contributed by atoms with Crippen molar-refractivity contribution < 1.29 is 4.79 Å². The molecular formula is C23H27N7O. The number of amides is 1. The summed E-state index contributed by atoms with van der Waals surface area (Å²) < 4.78 is 1.72. The standard InChI is InChI=1S/C23H27N7O/c1-16-6-4-8-21(25-16)28-22-12-20(26-17(2)27-22)19-7-5-11-30(15-19)23(31)10-9-18-13-24-29(3)14-18/h4,6,8-10,12-14,19H,5,7,11,15H2,1-3H3,(H,25,26,27,28)/b10-9+. The molecule has 31 heavy (non-hydrogen) atoms. The second-order valence-corrected chi connectivity index (χ2v) is 7.92. The number of rotatable bonds is 5. The zero-order chi connectivity index (χ0) is 21.8. The van der Waals surface area contributed by atoms with Crippen molar-refractivity contribution in [3.63, 3.8) is 0 Å². The van der Waals surface area contributed by atoms with Crippen LogP contribution < -0.4 is 5.32 Å². The number of nitrogens with zero attached hydrogens (tertiary/aromatic N) is 6. The lowest BCUT2D eigenvalue weighted by atomic mass is 9.94. The predicted molar refractivity (Wildman–Crippen MR) is 120 cm³/mol. The van der Waals surface area contributed by atoms with Crippen molar-refractivity contribution in [2.75, 3.05) is 18.4 Å². The first-order chi connectivity index (χ1) is 15.0. The second-order valence-electron chi connectivity index (χ2n) is 7.92. The molecule has 0 radical (unpaired) electrons. The van der Waals surface area contributed by atoms with Gasteiger partial charge in [0.25, 0.3) is 0 Å². The Morgan fingerprint density at radius 2 is 2.06 bits per heavy atom. The van der Waals surface area contributed by atoms with Crippen LogP contribution in [-0.4, -0.2) is 48.6 Å². The number of carbonyl (C=O) groups excluding carboxylic acids is 1. The number of aromatic nitrogens is 5. The van der Waals surface area contributed by atoms with Crippen LogP contribution in [0.4, 0.5) is 11.6 Å². The Labute approximate surface area is 182 Å². The first kappa shape index (κ1) is 20.7. The van der Waals surface area contributed by atoms with Crippen LogP contribution in [0.3, 0.4) is 0 Å². The van der Waals surface area contributed by atoms with Crippen LogP contribution in [0.5, 0.6) is 0 Å². The van der Waals surface area contributed by atoms with Gasteiger partial charge in [0, 0.05) is 55.7 Å². The maximum atomic E-state index is 12.7. The molecule has 3 aromatic rings. The van der Waals surface area contributed by atoms with E-state index >= 15 is 0 Å². The van der Waals surface area contributed by atoms with Crippen LogP contribution in [-0.2, 0) is 11.8 Å². The average Bonchev–Trinajstić information content (AvgIpc) is 3.17. The fourth-order valence-electron chi connectivity index (χ4n) is 3.83. The number of aryl methyl sites for hydroxylation is 3. The Hall–Kier alpha value is -3.55. The molecule has 1 fully saturated rings. The lowest BCUT2D eigenvalue weighted by Crippen LogP contribution is -2.38. The molecule has 160 valence electrons. The Morgan fingerprint density at radius 3 is 2.84 bits per heavy atom. The van der Waals surface area contributed by atoms with E-state index in [9.17, 15) is 4.79 Å². The second kappa shape index (κ2) is 9.07. The monoisotopic (exact) mass is 417 g/mol. The van der Waals surface area contributed by atoms with Gasteiger partial charge in [0.1, 0.15) is 17.5 Å². The molecule has 0 saturated carbocycles. The normalized spacial score (nSPS) is 16.6. The molecule has 4 heterocycles. The van der Waals surface area contributed by atoms with Gasteiger partial charge in [0.05, 0.1) is 11.9 Å². The summed E-state index contributed by atoms with van der Waals surface area (Å²) >= 11 is 0. The van der Waals surface area contributed by atoms with Gasteiger partial charge >= 0.3 is 0 Å². The maximum Gasteiger partial charge on any atom is 0.246 e. The SMILES string of the molecule is Cc1cccc(Nc2cc(C3CCCN(C(=O)/C=C/c4cnn(C)c4)C3)nc(C)n2)n1. The molecule has 1 unspecified atom stereocenters. The summed E-state index contributed by atoms with van der Waals surface area (Å²) in [6.07, 6.45) is 9.00. The van der Waals surface area contributed by atoms with E-state index in [1.54, 1.807) is 17.0 Å². The van der Waals surface area contributed by atoms with Gasteiger partial charge in [-0.15, -0.1) is 0 Å². The van der Waals surface area contributed by atoms with Crippen LogP contribution in [0, 0.1) is 13.8 Å². The number of piperidine rings is 1. The lowest BCUT2D eigenvalue weighted by Gasteiger charge is -2.32. The molecule has 4 rings (SSSR count). The van der Waals surface area contributed by atoms with Crippen LogP contribution in [0.2, 0.25) is 0 Å². The van der Waals surface area contributed by atoms with E-state index in [2.05, 4.69) is 25.4 Å². The third-order valence-corrected chi connectivity index (χ3v) is 5.30. The number of hydrogen-bond donors (Lipinski definition) is 1. The van der Waals surface area contributed by atoms with Crippen molar-refractivity contribution in [1.29, 1.82) is 0 Å². The first-order valence-corrected chi connectivity index (χ1v) is 10.5. The van der Waals surface area contributed by atoms with Gasteiger partial charge in [-0.05, 0) is 44.9 Å². The molecule has 1 aliphatic heterocycles. The van der Waals surface area contributed by atoms with Gasteiger partial charge in [-0.3, -0.25) is 9.48 Å². The fourth-order valence-corrected chi connectivity index (χ4v) is 3.83. The minimum atomic E-state index is 0.0154. The zero-order valence-electron chi connectivity index (χ0n) is 18.1. The molecule has 1 saturated heterocycles. The molecule has 1 aliphatic rings. The smallest absolute Gasteiger partial charge is 0.246 e. The van der Waals surface area contributed by atoms with Crippen LogP contribution in [0.15, 0.2) is 42.7 Å². The van der Waals surface area contributed by atoms with E-state index in [1.807, 2.05) is 62.3 Å². The number of likely N-dealkylation sites (tertiary alicyclic amines) is 1. The summed E-state index contributed by atoms with van der Waals surface area (Å²) in [5.74, 6) is 2.37. The lowest BCUT2D eigenvalue weighted by molar-refractivity contribution is -0.127. The highest BCUT2D eigenvalue weighted by Crippen LogP contribution is 2.28. The Balaban J connectivity index is 1.46. The minimum Gasteiger partial charge on any atom is -0.338 e. The molecule has 3 aromatic heterocycles. The zero-order valence-corrected chi connectivity index (χ0v) is 18.1. The number of carbonyl (C=O) groups is 1. The summed E-state index contributed by atoms with van der Waals surface area (Å²) in [5.41, 5.74) is 2.81. The summed E-state index contributed by atoms with van der Waals surface area (Å²) in [6.45, 7) is 5.25. The van der Waals surface area contributed by atoms with Crippen LogP contribution >= 0.6 is 0 Å². The van der Waals surface area contributed by atoms with Crippen LogP contribution in [0.25, 0.3) is 6.08 Å². The summed E-state index contributed by atoms with van der Waals surface area (Å²) in [5, 5.41) is 7.40. The summed E-state index contributed by atoms with van der Waals surface area (Å²) in [6, 6.07) is 7.81. The summed E-state index contributed by atoms with van der Waals surface area (Å²) in [4.78, 5) is 28.3.